The molecule has 2 aromatic rings. The highest BCUT2D eigenvalue weighted by Gasteiger charge is 2.34. The average Bonchev–Trinajstić information content (AvgIpc) is 2.77. The molecule has 0 N–H and O–H groups in total. The Labute approximate surface area is 97.6 Å². The van der Waals surface area contributed by atoms with Gasteiger partial charge in [-0.3, -0.25) is 4.40 Å². The molecular weight excluding hydrogens is 257 g/mol. The Morgan fingerprint density at radius 1 is 1.53 bits per heavy atom. The van der Waals surface area contributed by atoms with E-state index >= 15 is 0 Å². The van der Waals surface area contributed by atoms with Crippen molar-refractivity contribution in [1.29, 1.82) is 0 Å². The van der Waals surface area contributed by atoms with Crippen LogP contribution >= 0.6 is 11.3 Å². The minimum absolute atomic E-state index is 0.0347. The Hall–Kier alpha value is -1.57. The van der Waals surface area contributed by atoms with E-state index in [1.807, 2.05) is 0 Å². The molecule has 2 heterocycles. The molecule has 0 aromatic carbocycles. The molecule has 2 rings (SSSR count). The molecule has 92 valence electrons. The first kappa shape index (κ1) is 11.9. The minimum Gasteiger partial charge on any atom is -0.464 e. The van der Waals surface area contributed by atoms with E-state index in [4.69, 9.17) is 0 Å². The monoisotopic (exact) mass is 264 g/mol. The summed E-state index contributed by atoms with van der Waals surface area (Å²) in [5.74, 6) is -0.660. The van der Waals surface area contributed by atoms with Crippen LogP contribution in [0.3, 0.4) is 0 Å². The van der Waals surface area contributed by atoms with Crippen molar-refractivity contribution < 1.29 is 22.7 Å². The van der Waals surface area contributed by atoms with E-state index in [1.165, 1.54) is 18.4 Å². The zero-order valence-corrected chi connectivity index (χ0v) is 9.65. The van der Waals surface area contributed by atoms with E-state index in [1.54, 1.807) is 0 Å². The molecule has 8 heteroatoms. The number of carbonyl (C=O) groups is 1. The summed E-state index contributed by atoms with van der Waals surface area (Å²) < 4.78 is 43.0. The molecule has 2 aromatic heterocycles. The Morgan fingerprint density at radius 3 is 2.65 bits per heavy atom. The topological polar surface area (TPSA) is 43.6 Å². The lowest BCUT2D eigenvalue weighted by Gasteiger charge is -2.00. The Balaban J connectivity index is 2.57. The second kappa shape index (κ2) is 3.73. The zero-order chi connectivity index (χ0) is 12.8. The lowest BCUT2D eigenvalue weighted by molar-refractivity contribution is -0.134. The van der Waals surface area contributed by atoms with Gasteiger partial charge >= 0.3 is 12.1 Å². The number of esters is 1. The van der Waals surface area contributed by atoms with Crippen molar-refractivity contribution in [1.82, 2.24) is 9.38 Å². The van der Waals surface area contributed by atoms with E-state index in [0.717, 1.165) is 6.20 Å². The Morgan fingerprint density at radius 2 is 2.18 bits per heavy atom. The molecule has 0 amide bonds. The van der Waals surface area contributed by atoms with Crippen molar-refractivity contribution in [2.45, 2.75) is 13.1 Å². The molecule has 4 nitrogen and oxygen atoms in total. The number of thiazole rings is 1. The van der Waals surface area contributed by atoms with Crippen LogP contribution in [-0.4, -0.2) is 22.5 Å². The van der Waals surface area contributed by atoms with Crippen LogP contribution in [0.4, 0.5) is 13.2 Å². The smallest absolute Gasteiger partial charge is 0.427 e. The number of alkyl halides is 3. The van der Waals surface area contributed by atoms with Gasteiger partial charge in [-0.25, -0.2) is 9.78 Å². The zero-order valence-electron chi connectivity index (χ0n) is 8.83. The molecule has 0 aliphatic heterocycles. The van der Waals surface area contributed by atoms with E-state index in [2.05, 4.69) is 9.72 Å². The van der Waals surface area contributed by atoms with Crippen LogP contribution < -0.4 is 0 Å². The van der Waals surface area contributed by atoms with Crippen LogP contribution in [0.15, 0.2) is 6.20 Å². The second-order valence-electron chi connectivity index (χ2n) is 3.28. The number of carbonyl (C=O) groups excluding carboxylic acids is 1. The van der Waals surface area contributed by atoms with Gasteiger partial charge in [0.15, 0.2) is 10.7 Å². The van der Waals surface area contributed by atoms with Crippen LogP contribution in [0.1, 0.15) is 21.1 Å². The highest BCUT2D eigenvalue weighted by Crippen LogP contribution is 2.35. The van der Waals surface area contributed by atoms with E-state index < -0.39 is 17.0 Å². The highest BCUT2D eigenvalue weighted by atomic mass is 32.1. The van der Waals surface area contributed by atoms with Gasteiger partial charge in [-0.2, -0.15) is 13.2 Å². The molecule has 0 radical (unpaired) electrons. The number of aromatic nitrogens is 2. The number of methoxy groups -OCH3 is 1. The van der Waals surface area contributed by atoms with Gasteiger partial charge in [0, 0.05) is 6.20 Å². The predicted molar refractivity (Wildman–Crippen MR) is 54.1 cm³/mol. The summed E-state index contributed by atoms with van der Waals surface area (Å²) in [6.45, 7) is 1.51. The van der Waals surface area contributed by atoms with E-state index in [-0.39, 0.29) is 10.7 Å². The van der Waals surface area contributed by atoms with Crippen LogP contribution in [-0.2, 0) is 10.9 Å². The first-order valence-electron chi connectivity index (χ1n) is 4.48. The van der Waals surface area contributed by atoms with Crippen LogP contribution in [0.25, 0.3) is 4.96 Å². The molecule has 0 aliphatic carbocycles. The first-order valence-corrected chi connectivity index (χ1v) is 5.30. The number of fused-ring (bicyclic) bond motifs is 1. The van der Waals surface area contributed by atoms with Gasteiger partial charge in [-0.05, 0) is 6.92 Å². The molecule has 0 spiro atoms. The highest BCUT2D eigenvalue weighted by molar-refractivity contribution is 7.17. The van der Waals surface area contributed by atoms with Gasteiger partial charge in [0.25, 0.3) is 0 Å². The Kier molecular flexibility index (Phi) is 2.61. The van der Waals surface area contributed by atoms with Crippen LogP contribution in [0.5, 0.6) is 0 Å². The fraction of sp³-hybridized carbons (Fsp3) is 0.333. The van der Waals surface area contributed by atoms with Crippen molar-refractivity contribution in [3.05, 3.63) is 22.5 Å². The number of imidazole rings is 1. The largest absolute Gasteiger partial charge is 0.464 e. The molecule has 0 bridgehead atoms. The predicted octanol–water partition coefficient (Wildman–Crippen LogP) is 2.51. The second-order valence-corrected chi connectivity index (χ2v) is 4.29. The Bertz CT molecular complexity index is 585. The van der Waals surface area contributed by atoms with Gasteiger partial charge in [0.05, 0.1) is 12.8 Å². The molecule has 17 heavy (non-hydrogen) atoms. The first-order chi connectivity index (χ1) is 7.84. The third-order valence-electron chi connectivity index (χ3n) is 2.22. The van der Waals surface area contributed by atoms with Gasteiger partial charge < -0.3 is 4.74 Å². The summed E-state index contributed by atoms with van der Waals surface area (Å²) in [5, 5.41) is 0. The van der Waals surface area contributed by atoms with Crippen molar-refractivity contribution in [2.75, 3.05) is 7.11 Å². The SMILES string of the molecule is COC(=O)c1nc2sc(C(F)(F)F)cn2c1C. The van der Waals surface area contributed by atoms with Gasteiger partial charge in [0.2, 0.25) is 0 Å². The van der Waals surface area contributed by atoms with Gasteiger partial charge in [0.1, 0.15) is 4.88 Å². The standard InChI is InChI=1S/C9H7F3N2O2S/c1-4-6(7(15)16-2)13-8-14(4)3-5(17-8)9(10,11)12/h3H,1-2H3. The fourth-order valence-electron chi connectivity index (χ4n) is 1.38. The van der Waals surface area contributed by atoms with Gasteiger partial charge in [-0.1, -0.05) is 11.3 Å². The molecule has 0 saturated carbocycles. The number of hydrogen-bond donors (Lipinski definition) is 0. The summed E-state index contributed by atoms with van der Waals surface area (Å²) in [6, 6.07) is 0. The van der Waals surface area contributed by atoms with Gasteiger partial charge in [-0.15, -0.1) is 0 Å². The maximum Gasteiger partial charge on any atom is 0.427 e. The molecule has 0 unspecified atom stereocenters. The number of halogens is 3. The summed E-state index contributed by atoms with van der Waals surface area (Å²) in [4.78, 5) is 14.5. The lowest BCUT2D eigenvalue weighted by atomic mass is 10.3. The summed E-state index contributed by atoms with van der Waals surface area (Å²) in [6.07, 6.45) is -3.47. The van der Waals surface area contributed by atoms with E-state index in [0.29, 0.717) is 17.0 Å². The maximum absolute atomic E-state index is 12.4. The summed E-state index contributed by atoms with van der Waals surface area (Å²) in [7, 11) is 1.19. The summed E-state index contributed by atoms with van der Waals surface area (Å²) in [5.41, 5.74) is 0.367. The lowest BCUT2D eigenvalue weighted by Crippen LogP contribution is -2.05. The maximum atomic E-state index is 12.4. The van der Waals surface area contributed by atoms with Crippen molar-refractivity contribution in [3.63, 3.8) is 0 Å². The summed E-state index contributed by atoms with van der Waals surface area (Å²) >= 11 is 0.486. The number of nitrogens with zero attached hydrogens (tertiary/aromatic N) is 2. The molecule has 0 saturated heterocycles. The van der Waals surface area contributed by atoms with Crippen molar-refractivity contribution in [2.24, 2.45) is 0 Å². The molecule has 0 aliphatic rings. The third-order valence-corrected chi connectivity index (χ3v) is 3.25. The van der Waals surface area contributed by atoms with Crippen molar-refractivity contribution in [3.8, 4) is 0 Å². The normalized spacial score (nSPS) is 12.1. The third kappa shape index (κ3) is 1.88. The number of aryl methyl sites for hydroxylation is 1. The van der Waals surface area contributed by atoms with E-state index in [9.17, 15) is 18.0 Å². The molecule has 0 fully saturated rings. The fourth-order valence-corrected chi connectivity index (χ4v) is 2.27. The average molecular weight is 264 g/mol. The number of rotatable bonds is 1. The molecule has 0 atom stereocenters. The number of ether oxygens (including phenoxy) is 1. The molecular formula is C9H7F3N2O2S. The number of hydrogen-bond acceptors (Lipinski definition) is 4. The van der Waals surface area contributed by atoms with Crippen molar-refractivity contribution >= 4 is 22.3 Å². The van der Waals surface area contributed by atoms with Crippen LogP contribution in [0, 0.1) is 6.92 Å². The van der Waals surface area contributed by atoms with Crippen LogP contribution in [0.2, 0.25) is 0 Å². The minimum atomic E-state index is -4.40. The quantitative estimate of drug-likeness (QED) is 0.743.